The molecule has 0 radical (unpaired) electrons. The van der Waals surface area contributed by atoms with E-state index in [1.165, 1.54) is 6.26 Å². The lowest BCUT2D eigenvalue weighted by Gasteiger charge is -2.03. The smallest absolute Gasteiger partial charge is 0.159 e. The van der Waals surface area contributed by atoms with Crippen molar-refractivity contribution >= 4 is 15.9 Å². The predicted molar refractivity (Wildman–Crippen MR) is 40.0 cm³/mol. The van der Waals surface area contributed by atoms with Crippen LogP contribution in [0.4, 0.5) is 0 Å². The minimum Gasteiger partial charge on any atom is -0.345 e. The number of rotatable bonds is 4. The fourth-order valence-electron chi connectivity index (χ4n) is 0.216. The highest BCUT2D eigenvalue weighted by Crippen LogP contribution is 2.05. The average Bonchev–Trinajstić information content (AvgIpc) is 1.89. The summed E-state index contributed by atoms with van der Waals surface area (Å²) in [5.74, 6) is 0. The number of allylic oxidation sites excluding steroid dienone is 1. The lowest BCUT2D eigenvalue weighted by atomic mass is 10.5. The van der Waals surface area contributed by atoms with Crippen molar-refractivity contribution in [3.8, 4) is 0 Å². The van der Waals surface area contributed by atoms with E-state index in [1.807, 2.05) is 13.8 Å². The lowest BCUT2D eigenvalue weighted by molar-refractivity contribution is -0.257. The number of hydrogen-bond donors (Lipinski definition) is 0. The van der Waals surface area contributed by atoms with Crippen LogP contribution in [-0.4, -0.2) is 5.01 Å². The largest absolute Gasteiger partial charge is 0.345 e. The Labute approximate surface area is 63.9 Å². The van der Waals surface area contributed by atoms with Crippen molar-refractivity contribution in [3.05, 3.63) is 12.3 Å². The van der Waals surface area contributed by atoms with Crippen LogP contribution in [0.5, 0.6) is 0 Å². The van der Waals surface area contributed by atoms with Gasteiger partial charge in [-0.15, -0.1) is 0 Å². The zero-order chi connectivity index (χ0) is 7.11. The van der Waals surface area contributed by atoms with Crippen LogP contribution in [0.15, 0.2) is 12.3 Å². The monoisotopic (exact) mass is 194 g/mol. The molecule has 0 heterocycles. The van der Waals surface area contributed by atoms with E-state index in [1.54, 1.807) is 6.08 Å². The van der Waals surface area contributed by atoms with Crippen LogP contribution in [0.25, 0.3) is 0 Å². The third kappa shape index (κ3) is 5.86. The zero-order valence-corrected chi connectivity index (χ0v) is 7.22. The maximum atomic E-state index is 4.76. The highest BCUT2D eigenvalue weighted by atomic mass is 79.9. The molecule has 0 aromatic rings. The molecule has 9 heavy (non-hydrogen) atoms. The summed E-state index contributed by atoms with van der Waals surface area (Å²) in [5, 5.41) is -0.00583. The van der Waals surface area contributed by atoms with E-state index < -0.39 is 0 Å². The summed E-state index contributed by atoms with van der Waals surface area (Å²) in [6.45, 7) is 3.86. The third-order valence-electron chi connectivity index (χ3n) is 0.673. The number of hydrogen-bond acceptors (Lipinski definition) is 2. The first kappa shape index (κ1) is 8.98. The Morgan fingerprint density at radius 2 is 2.33 bits per heavy atom. The van der Waals surface area contributed by atoms with Gasteiger partial charge in [-0.05, 0) is 19.4 Å². The Kier molecular flexibility index (Phi) is 6.09. The topological polar surface area (TPSA) is 18.5 Å². The molecular formula is C6H11BrO2. The first-order chi connectivity index (χ1) is 4.31. The van der Waals surface area contributed by atoms with Crippen molar-refractivity contribution < 1.29 is 9.78 Å². The second kappa shape index (κ2) is 6.11. The van der Waals surface area contributed by atoms with Gasteiger partial charge >= 0.3 is 0 Å². The lowest BCUT2D eigenvalue weighted by Crippen LogP contribution is -1.99. The molecule has 1 atom stereocenters. The van der Waals surface area contributed by atoms with Crippen LogP contribution in [0.3, 0.4) is 0 Å². The van der Waals surface area contributed by atoms with E-state index >= 15 is 0 Å². The van der Waals surface area contributed by atoms with Crippen LogP contribution in [0, 0.1) is 0 Å². The molecule has 0 bridgehead atoms. The van der Waals surface area contributed by atoms with Crippen molar-refractivity contribution in [3.63, 3.8) is 0 Å². The fourth-order valence-corrected chi connectivity index (χ4v) is 0.304. The van der Waals surface area contributed by atoms with Crippen molar-refractivity contribution in [1.82, 2.24) is 0 Å². The van der Waals surface area contributed by atoms with E-state index in [4.69, 9.17) is 4.89 Å². The summed E-state index contributed by atoms with van der Waals surface area (Å²) < 4.78 is 0. The van der Waals surface area contributed by atoms with Crippen LogP contribution < -0.4 is 0 Å². The molecule has 54 valence electrons. The number of halogens is 1. The van der Waals surface area contributed by atoms with Crippen LogP contribution in [0.1, 0.15) is 20.3 Å². The minimum absolute atomic E-state index is 0.00583. The van der Waals surface area contributed by atoms with Gasteiger partial charge in [-0.1, -0.05) is 22.9 Å². The fraction of sp³-hybridized carbons (Fsp3) is 0.667. The molecule has 0 saturated carbocycles. The van der Waals surface area contributed by atoms with Crippen molar-refractivity contribution in [2.24, 2.45) is 0 Å². The van der Waals surface area contributed by atoms with Gasteiger partial charge in [-0.3, -0.25) is 0 Å². The van der Waals surface area contributed by atoms with Gasteiger partial charge < -0.3 is 4.89 Å². The second-order valence-electron chi connectivity index (χ2n) is 1.48. The molecule has 0 aliphatic heterocycles. The Morgan fingerprint density at radius 3 is 2.78 bits per heavy atom. The van der Waals surface area contributed by atoms with Gasteiger partial charge in [0.2, 0.25) is 0 Å². The molecular weight excluding hydrogens is 184 g/mol. The van der Waals surface area contributed by atoms with Gasteiger partial charge in [-0.2, -0.15) is 4.89 Å². The highest BCUT2D eigenvalue weighted by Gasteiger charge is 1.97. The van der Waals surface area contributed by atoms with Crippen molar-refractivity contribution in [1.29, 1.82) is 0 Å². The van der Waals surface area contributed by atoms with E-state index in [9.17, 15) is 0 Å². The molecule has 0 aliphatic rings. The number of alkyl halides is 1. The molecule has 0 spiro atoms. The zero-order valence-electron chi connectivity index (χ0n) is 5.63. The molecule has 0 fully saturated rings. The maximum absolute atomic E-state index is 4.76. The molecule has 0 N–H and O–H groups in total. The van der Waals surface area contributed by atoms with Crippen LogP contribution >= 0.6 is 15.9 Å². The maximum Gasteiger partial charge on any atom is 0.159 e. The Hall–Kier alpha value is -0.0200. The van der Waals surface area contributed by atoms with Crippen molar-refractivity contribution in [2.45, 2.75) is 25.3 Å². The molecule has 3 heteroatoms. The Balaban J connectivity index is 3.06. The molecule has 1 unspecified atom stereocenters. The Bertz CT molecular complexity index is 83.1. The van der Waals surface area contributed by atoms with Crippen molar-refractivity contribution in [2.75, 3.05) is 0 Å². The predicted octanol–water partition coefficient (Wildman–Crippen LogP) is 2.60. The molecule has 0 aromatic heterocycles. The van der Waals surface area contributed by atoms with E-state index in [-0.39, 0.29) is 5.01 Å². The molecule has 0 rings (SSSR count). The highest BCUT2D eigenvalue weighted by molar-refractivity contribution is 9.09. The molecule has 2 nitrogen and oxygen atoms in total. The van der Waals surface area contributed by atoms with Crippen LogP contribution in [0.2, 0.25) is 0 Å². The van der Waals surface area contributed by atoms with Crippen LogP contribution in [-0.2, 0) is 9.78 Å². The summed E-state index contributed by atoms with van der Waals surface area (Å²) in [4.78, 5) is 9.37. The van der Waals surface area contributed by atoms with E-state index in [0.717, 1.165) is 6.42 Å². The average molecular weight is 195 g/mol. The molecule has 0 saturated heterocycles. The summed E-state index contributed by atoms with van der Waals surface area (Å²) in [6.07, 6.45) is 4.14. The van der Waals surface area contributed by atoms with E-state index in [2.05, 4.69) is 20.8 Å². The van der Waals surface area contributed by atoms with Gasteiger partial charge in [-0.25, -0.2) is 0 Å². The minimum atomic E-state index is -0.00583. The van der Waals surface area contributed by atoms with Gasteiger partial charge in [0.15, 0.2) is 5.01 Å². The Morgan fingerprint density at radius 1 is 1.67 bits per heavy atom. The molecule has 0 amide bonds. The second-order valence-corrected chi connectivity index (χ2v) is 2.50. The van der Waals surface area contributed by atoms with Gasteiger partial charge in [0.25, 0.3) is 0 Å². The SMILES string of the molecule is C/C=C/OOC(Br)CC. The summed E-state index contributed by atoms with van der Waals surface area (Å²) >= 11 is 3.23. The third-order valence-corrected chi connectivity index (χ3v) is 1.47. The molecule has 0 aromatic carbocycles. The summed E-state index contributed by atoms with van der Waals surface area (Å²) in [6, 6.07) is 0. The first-order valence-electron chi connectivity index (χ1n) is 2.88. The summed E-state index contributed by atoms with van der Waals surface area (Å²) in [5.41, 5.74) is 0. The first-order valence-corrected chi connectivity index (χ1v) is 3.80. The quantitative estimate of drug-likeness (QED) is 0.297. The normalized spacial score (nSPS) is 14.1. The van der Waals surface area contributed by atoms with E-state index in [0.29, 0.717) is 0 Å². The van der Waals surface area contributed by atoms with Gasteiger partial charge in [0, 0.05) is 0 Å². The molecule has 0 aliphatic carbocycles. The van der Waals surface area contributed by atoms with Gasteiger partial charge in [0.05, 0.1) is 0 Å². The summed E-state index contributed by atoms with van der Waals surface area (Å²) in [7, 11) is 0. The standard InChI is InChI=1S/C6H11BrO2/c1-3-5-8-9-6(7)4-2/h3,5-6H,4H2,1-2H3/b5-3+. The van der Waals surface area contributed by atoms with Gasteiger partial charge in [0.1, 0.15) is 6.26 Å².